The van der Waals surface area contributed by atoms with Gasteiger partial charge in [-0.1, -0.05) is 0 Å². The van der Waals surface area contributed by atoms with E-state index in [2.05, 4.69) is 5.32 Å². The smallest absolute Gasteiger partial charge is 0.146 e. The van der Waals surface area contributed by atoms with Crippen LogP contribution in [0.5, 0.6) is 11.5 Å². The van der Waals surface area contributed by atoms with Gasteiger partial charge in [0.1, 0.15) is 23.1 Å². The largest absolute Gasteiger partial charge is 0.508 e. The van der Waals surface area contributed by atoms with Gasteiger partial charge in [-0.25, -0.2) is 8.78 Å². The molecule has 0 aliphatic rings. The standard InChI is InChI=1S/C15H15F2NO2/c1-8-5-13(17)14(7-12(8)16)18-9(2)11-4-3-10(19)6-15(11)20/h3-7,9,18-20H,1-2H3. The van der Waals surface area contributed by atoms with Crippen LogP contribution in [0.3, 0.4) is 0 Å². The average molecular weight is 279 g/mol. The summed E-state index contributed by atoms with van der Waals surface area (Å²) in [7, 11) is 0. The first-order valence-corrected chi connectivity index (χ1v) is 6.12. The summed E-state index contributed by atoms with van der Waals surface area (Å²) < 4.78 is 27.2. The van der Waals surface area contributed by atoms with E-state index in [1.165, 1.54) is 25.1 Å². The second kappa shape index (κ2) is 5.36. The summed E-state index contributed by atoms with van der Waals surface area (Å²) in [4.78, 5) is 0. The van der Waals surface area contributed by atoms with Gasteiger partial charge >= 0.3 is 0 Å². The SMILES string of the molecule is Cc1cc(F)c(NC(C)c2ccc(O)cc2O)cc1F. The second-order valence-electron chi connectivity index (χ2n) is 4.69. The van der Waals surface area contributed by atoms with Gasteiger partial charge in [0.15, 0.2) is 0 Å². The molecule has 1 unspecified atom stereocenters. The molecule has 20 heavy (non-hydrogen) atoms. The van der Waals surface area contributed by atoms with Crippen molar-refractivity contribution in [1.29, 1.82) is 0 Å². The summed E-state index contributed by atoms with van der Waals surface area (Å²) in [5, 5.41) is 21.8. The molecular formula is C15H15F2NO2. The molecule has 1 atom stereocenters. The molecule has 0 heterocycles. The van der Waals surface area contributed by atoms with Gasteiger partial charge in [0.05, 0.1) is 11.7 Å². The van der Waals surface area contributed by atoms with Gasteiger partial charge in [-0.05, 0) is 37.6 Å². The predicted molar refractivity (Wildman–Crippen MR) is 72.9 cm³/mol. The molecule has 2 aromatic carbocycles. The molecule has 2 aromatic rings. The number of phenolic OH excluding ortho intramolecular Hbond substituents is 2. The molecule has 3 N–H and O–H groups in total. The number of aromatic hydroxyl groups is 2. The zero-order chi connectivity index (χ0) is 14.9. The van der Waals surface area contributed by atoms with E-state index < -0.39 is 17.7 Å². The molecule has 0 spiro atoms. The van der Waals surface area contributed by atoms with Gasteiger partial charge < -0.3 is 15.5 Å². The van der Waals surface area contributed by atoms with Crippen LogP contribution in [0.1, 0.15) is 24.1 Å². The van der Waals surface area contributed by atoms with E-state index in [0.29, 0.717) is 5.56 Å². The number of aryl methyl sites for hydroxylation is 1. The maximum atomic E-state index is 13.7. The number of nitrogens with one attached hydrogen (secondary N) is 1. The Balaban J connectivity index is 2.27. The topological polar surface area (TPSA) is 52.5 Å². The summed E-state index contributed by atoms with van der Waals surface area (Å²) in [5.74, 6) is -1.24. The van der Waals surface area contributed by atoms with E-state index in [1.807, 2.05) is 0 Å². The van der Waals surface area contributed by atoms with E-state index in [-0.39, 0.29) is 22.7 Å². The van der Waals surface area contributed by atoms with Crippen LogP contribution in [0.4, 0.5) is 14.5 Å². The Labute approximate surface area is 115 Å². The number of anilines is 1. The highest BCUT2D eigenvalue weighted by Gasteiger charge is 2.14. The quantitative estimate of drug-likeness (QED) is 0.799. The Hall–Kier alpha value is -2.30. The van der Waals surface area contributed by atoms with Crippen LogP contribution in [0, 0.1) is 18.6 Å². The molecular weight excluding hydrogens is 264 g/mol. The molecule has 0 bridgehead atoms. The van der Waals surface area contributed by atoms with Crippen molar-refractivity contribution in [3.63, 3.8) is 0 Å². The Morgan fingerprint density at radius 3 is 2.40 bits per heavy atom. The van der Waals surface area contributed by atoms with Gasteiger partial charge in [-0.3, -0.25) is 0 Å². The van der Waals surface area contributed by atoms with Gasteiger partial charge in [-0.2, -0.15) is 0 Å². The average Bonchev–Trinajstić information content (AvgIpc) is 2.35. The lowest BCUT2D eigenvalue weighted by Crippen LogP contribution is -2.09. The summed E-state index contributed by atoms with van der Waals surface area (Å²) in [6.45, 7) is 3.18. The first kappa shape index (κ1) is 14.1. The minimum absolute atomic E-state index is 0.0214. The molecule has 0 fully saturated rings. The van der Waals surface area contributed by atoms with Crippen molar-refractivity contribution in [1.82, 2.24) is 0 Å². The lowest BCUT2D eigenvalue weighted by Gasteiger charge is -2.18. The number of phenols is 2. The van der Waals surface area contributed by atoms with Crippen LogP contribution in [0.25, 0.3) is 0 Å². The third-order valence-corrected chi connectivity index (χ3v) is 3.10. The van der Waals surface area contributed by atoms with E-state index in [0.717, 1.165) is 12.1 Å². The second-order valence-corrected chi connectivity index (χ2v) is 4.69. The van der Waals surface area contributed by atoms with E-state index in [4.69, 9.17) is 0 Å². The third-order valence-electron chi connectivity index (χ3n) is 3.10. The van der Waals surface area contributed by atoms with E-state index >= 15 is 0 Å². The maximum absolute atomic E-state index is 13.7. The fourth-order valence-corrected chi connectivity index (χ4v) is 1.97. The van der Waals surface area contributed by atoms with Crippen molar-refractivity contribution in [2.75, 3.05) is 5.32 Å². The Bertz CT molecular complexity index is 644. The summed E-state index contributed by atoms with van der Waals surface area (Å²) in [6, 6.07) is 5.87. The Morgan fingerprint density at radius 2 is 1.75 bits per heavy atom. The van der Waals surface area contributed by atoms with Crippen LogP contribution in [-0.4, -0.2) is 10.2 Å². The van der Waals surface area contributed by atoms with Crippen LogP contribution < -0.4 is 5.32 Å². The van der Waals surface area contributed by atoms with Gasteiger partial charge in [-0.15, -0.1) is 0 Å². The minimum atomic E-state index is -0.561. The Morgan fingerprint density at radius 1 is 1.05 bits per heavy atom. The van der Waals surface area contributed by atoms with Crippen LogP contribution in [0.15, 0.2) is 30.3 Å². The monoisotopic (exact) mass is 279 g/mol. The summed E-state index contributed by atoms with van der Waals surface area (Å²) in [6.07, 6.45) is 0. The Kier molecular flexibility index (Phi) is 3.79. The van der Waals surface area contributed by atoms with Gasteiger partial charge in [0.2, 0.25) is 0 Å². The zero-order valence-electron chi connectivity index (χ0n) is 11.1. The normalized spacial score (nSPS) is 12.2. The van der Waals surface area contributed by atoms with Crippen LogP contribution >= 0.6 is 0 Å². The van der Waals surface area contributed by atoms with Crippen LogP contribution in [-0.2, 0) is 0 Å². The molecule has 106 valence electrons. The molecule has 0 aromatic heterocycles. The van der Waals surface area contributed by atoms with Crippen molar-refractivity contribution in [3.8, 4) is 11.5 Å². The van der Waals surface area contributed by atoms with Crippen molar-refractivity contribution < 1.29 is 19.0 Å². The minimum Gasteiger partial charge on any atom is -0.508 e. The molecule has 0 radical (unpaired) electrons. The molecule has 2 rings (SSSR count). The zero-order valence-corrected chi connectivity index (χ0v) is 11.1. The first-order chi connectivity index (χ1) is 9.38. The molecule has 0 saturated heterocycles. The van der Waals surface area contributed by atoms with Gasteiger partial charge in [0.25, 0.3) is 0 Å². The number of hydrogen-bond acceptors (Lipinski definition) is 3. The van der Waals surface area contributed by atoms with Crippen LogP contribution in [0.2, 0.25) is 0 Å². The molecule has 0 amide bonds. The van der Waals surface area contributed by atoms with Crippen molar-refractivity contribution in [2.24, 2.45) is 0 Å². The third kappa shape index (κ3) is 2.82. The first-order valence-electron chi connectivity index (χ1n) is 6.12. The number of rotatable bonds is 3. The summed E-state index contributed by atoms with van der Waals surface area (Å²) in [5.41, 5.74) is 0.726. The summed E-state index contributed by atoms with van der Waals surface area (Å²) >= 11 is 0. The highest BCUT2D eigenvalue weighted by molar-refractivity contribution is 5.51. The highest BCUT2D eigenvalue weighted by atomic mass is 19.1. The van der Waals surface area contributed by atoms with Gasteiger partial charge in [0, 0.05) is 17.7 Å². The lowest BCUT2D eigenvalue weighted by atomic mass is 10.1. The lowest BCUT2D eigenvalue weighted by molar-refractivity contribution is 0.444. The number of halogens is 2. The number of benzene rings is 2. The van der Waals surface area contributed by atoms with Crippen molar-refractivity contribution >= 4 is 5.69 Å². The van der Waals surface area contributed by atoms with Crippen molar-refractivity contribution in [2.45, 2.75) is 19.9 Å². The molecule has 0 aliphatic carbocycles. The van der Waals surface area contributed by atoms with E-state index in [9.17, 15) is 19.0 Å². The molecule has 5 heteroatoms. The fourth-order valence-electron chi connectivity index (χ4n) is 1.97. The molecule has 3 nitrogen and oxygen atoms in total. The van der Waals surface area contributed by atoms with E-state index in [1.54, 1.807) is 6.92 Å². The highest BCUT2D eigenvalue weighted by Crippen LogP contribution is 2.31. The maximum Gasteiger partial charge on any atom is 0.146 e. The fraction of sp³-hybridized carbons (Fsp3) is 0.200. The van der Waals surface area contributed by atoms with Crippen molar-refractivity contribution in [3.05, 3.63) is 53.1 Å². The molecule has 0 saturated carbocycles. The molecule has 0 aliphatic heterocycles. The predicted octanol–water partition coefficient (Wildman–Crippen LogP) is 3.86. The number of hydrogen-bond donors (Lipinski definition) is 3.